The van der Waals surface area contributed by atoms with Crippen molar-refractivity contribution in [1.82, 2.24) is 4.90 Å². The fraction of sp³-hybridized carbons (Fsp3) is 0.250. The van der Waals surface area contributed by atoms with E-state index in [0.717, 1.165) is 37.4 Å². The smallest absolute Gasteiger partial charge is 0.0789 e. The van der Waals surface area contributed by atoms with Crippen molar-refractivity contribution in [3.05, 3.63) is 144 Å². The Labute approximate surface area is 214 Å². The highest BCUT2D eigenvalue weighted by molar-refractivity contribution is 7.99. The van der Waals surface area contributed by atoms with Crippen molar-refractivity contribution in [2.45, 2.75) is 38.1 Å². The monoisotopic (exact) mass is 481 g/mol. The average molecular weight is 482 g/mol. The molecule has 1 N–H and O–H groups in total. The van der Waals surface area contributed by atoms with Crippen LogP contribution in [0.5, 0.6) is 0 Å². The quantitative estimate of drug-likeness (QED) is 0.217. The molecule has 0 saturated heterocycles. The van der Waals surface area contributed by atoms with Crippen molar-refractivity contribution in [2.75, 3.05) is 11.5 Å². The molecule has 0 radical (unpaired) electrons. The van der Waals surface area contributed by atoms with Gasteiger partial charge in [0.1, 0.15) is 0 Å². The number of aryl methyl sites for hydroxylation is 1. The molecule has 0 aliphatic rings. The maximum atomic E-state index is 11.5. The molecule has 0 fully saturated rings. The number of thioether (sulfide) groups is 1. The third-order valence-corrected chi connectivity index (χ3v) is 7.39. The molecule has 0 heterocycles. The van der Waals surface area contributed by atoms with E-state index in [0.29, 0.717) is 0 Å². The first kappa shape index (κ1) is 25.2. The molecule has 35 heavy (non-hydrogen) atoms. The number of rotatable bonds is 13. The van der Waals surface area contributed by atoms with Gasteiger partial charge in [-0.05, 0) is 40.8 Å². The van der Waals surface area contributed by atoms with Gasteiger partial charge < -0.3 is 5.11 Å². The Balaban J connectivity index is 1.50. The fourth-order valence-electron chi connectivity index (χ4n) is 4.44. The van der Waals surface area contributed by atoms with Gasteiger partial charge in [-0.1, -0.05) is 121 Å². The lowest BCUT2D eigenvalue weighted by Crippen LogP contribution is -2.45. The summed E-state index contributed by atoms with van der Waals surface area (Å²) in [5.41, 5.74) is 5.15. The average Bonchev–Trinajstić information content (AvgIpc) is 2.92. The number of aliphatic hydroxyl groups excluding tert-OH is 1. The highest BCUT2D eigenvalue weighted by Gasteiger charge is 2.27. The van der Waals surface area contributed by atoms with Gasteiger partial charge >= 0.3 is 0 Å². The normalized spacial score (nSPS) is 13.0. The lowest BCUT2D eigenvalue weighted by Gasteiger charge is -2.35. The van der Waals surface area contributed by atoms with Crippen LogP contribution in [0.2, 0.25) is 0 Å². The Morgan fingerprint density at radius 3 is 1.49 bits per heavy atom. The molecule has 0 aliphatic heterocycles. The van der Waals surface area contributed by atoms with Crippen LogP contribution >= 0.6 is 11.8 Å². The van der Waals surface area contributed by atoms with Crippen LogP contribution in [0.4, 0.5) is 0 Å². The van der Waals surface area contributed by atoms with Crippen LogP contribution in [-0.2, 0) is 25.9 Å². The molecule has 0 aliphatic carbocycles. The van der Waals surface area contributed by atoms with E-state index in [2.05, 4.69) is 126 Å². The maximum Gasteiger partial charge on any atom is 0.0789 e. The maximum absolute atomic E-state index is 11.5. The van der Waals surface area contributed by atoms with Gasteiger partial charge in [-0.3, -0.25) is 4.90 Å². The Kier molecular flexibility index (Phi) is 10.0. The number of nitrogens with zero attached hydrogens (tertiary/aromatic N) is 1. The van der Waals surface area contributed by atoms with E-state index < -0.39 is 6.10 Å². The fourth-order valence-corrected chi connectivity index (χ4v) is 5.45. The first-order chi connectivity index (χ1) is 17.3. The van der Waals surface area contributed by atoms with Crippen LogP contribution in [0.25, 0.3) is 0 Å². The molecule has 0 bridgehead atoms. The number of hydrogen-bond donors (Lipinski definition) is 1. The standard InChI is InChI=1S/C32H35NOS/c34-32(26-35-22-21-27-13-5-1-6-14-27)31(23-28-15-7-2-8-16-28)33(24-29-17-9-3-10-18-29)25-30-19-11-4-12-20-30/h1-20,31-32,34H,21-26H2/t31-,32-/m0/s1. The van der Waals surface area contributed by atoms with Crippen LogP contribution in [0, 0.1) is 0 Å². The van der Waals surface area contributed by atoms with Gasteiger partial charge in [0.2, 0.25) is 0 Å². The van der Waals surface area contributed by atoms with Gasteiger partial charge in [0.15, 0.2) is 0 Å². The minimum atomic E-state index is -0.427. The van der Waals surface area contributed by atoms with Crippen molar-refractivity contribution in [2.24, 2.45) is 0 Å². The van der Waals surface area contributed by atoms with E-state index in [1.807, 2.05) is 11.8 Å². The van der Waals surface area contributed by atoms with E-state index >= 15 is 0 Å². The number of aliphatic hydroxyl groups is 1. The second-order valence-electron chi connectivity index (χ2n) is 9.01. The first-order valence-electron chi connectivity index (χ1n) is 12.4. The predicted molar refractivity (Wildman–Crippen MR) is 150 cm³/mol. The van der Waals surface area contributed by atoms with Crippen molar-refractivity contribution in [1.29, 1.82) is 0 Å². The van der Waals surface area contributed by atoms with Gasteiger partial charge in [0.25, 0.3) is 0 Å². The first-order valence-corrected chi connectivity index (χ1v) is 13.6. The van der Waals surface area contributed by atoms with Crippen molar-refractivity contribution < 1.29 is 5.11 Å². The lowest BCUT2D eigenvalue weighted by atomic mass is 9.98. The Morgan fingerprint density at radius 2 is 1.00 bits per heavy atom. The summed E-state index contributed by atoms with van der Waals surface area (Å²) >= 11 is 1.85. The summed E-state index contributed by atoms with van der Waals surface area (Å²) in [5, 5.41) is 11.5. The third-order valence-electron chi connectivity index (χ3n) is 6.32. The predicted octanol–water partition coefficient (Wildman–Crippen LogP) is 6.64. The van der Waals surface area contributed by atoms with Crippen LogP contribution in [-0.4, -0.2) is 33.7 Å². The van der Waals surface area contributed by atoms with Crippen molar-refractivity contribution in [3.63, 3.8) is 0 Å². The molecule has 3 heteroatoms. The van der Waals surface area contributed by atoms with Crippen molar-refractivity contribution in [3.8, 4) is 0 Å². The molecule has 180 valence electrons. The molecule has 4 rings (SSSR count). The minimum absolute atomic E-state index is 0.0158. The van der Waals surface area contributed by atoms with Gasteiger partial charge in [-0.15, -0.1) is 0 Å². The zero-order chi connectivity index (χ0) is 24.1. The minimum Gasteiger partial charge on any atom is -0.391 e. The van der Waals surface area contributed by atoms with Crippen molar-refractivity contribution >= 4 is 11.8 Å². The van der Waals surface area contributed by atoms with Crippen LogP contribution in [0.15, 0.2) is 121 Å². The lowest BCUT2D eigenvalue weighted by molar-refractivity contribution is 0.0534. The number of benzene rings is 4. The topological polar surface area (TPSA) is 23.5 Å². The summed E-state index contributed by atoms with van der Waals surface area (Å²) < 4.78 is 0. The highest BCUT2D eigenvalue weighted by atomic mass is 32.2. The molecule has 0 aromatic heterocycles. The summed E-state index contributed by atoms with van der Waals surface area (Å²) in [7, 11) is 0. The molecule has 0 amide bonds. The summed E-state index contributed by atoms with van der Waals surface area (Å²) in [6.45, 7) is 1.61. The summed E-state index contributed by atoms with van der Waals surface area (Å²) in [5.74, 6) is 1.74. The Bertz CT molecular complexity index is 1050. The zero-order valence-electron chi connectivity index (χ0n) is 20.2. The Morgan fingerprint density at radius 1 is 0.571 bits per heavy atom. The van der Waals surface area contributed by atoms with Crippen LogP contribution in [0.3, 0.4) is 0 Å². The molecule has 2 nitrogen and oxygen atoms in total. The van der Waals surface area contributed by atoms with Gasteiger partial charge in [0, 0.05) is 24.9 Å². The van der Waals surface area contributed by atoms with E-state index in [9.17, 15) is 5.11 Å². The molecular weight excluding hydrogens is 446 g/mol. The molecule has 4 aromatic carbocycles. The third kappa shape index (κ3) is 8.40. The molecular formula is C32H35NOS. The molecule has 0 unspecified atom stereocenters. The highest BCUT2D eigenvalue weighted by Crippen LogP contribution is 2.22. The largest absolute Gasteiger partial charge is 0.391 e. The van der Waals surface area contributed by atoms with E-state index in [1.54, 1.807) is 0 Å². The van der Waals surface area contributed by atoms with Crippen LogP contribution < -0.4 is 0 Å². The molecule has 4 aromatic rings. The van der Waals surface area contributed by atoms with Gasteiger partial charge in [0.05, 0.1) is 6.10 Å². The zero-order valence-corrected chi connectivity index (χ0v) is 21.1. The second kappa shape index (κ2) is 13.9. The molecule has 2 atom stereocenters. The summed E-state index contributed by atoms with van der Waals surface area (Å²) in [4.78, 5) is 2.46. The van der Waals surface area contributed by atoms with Gasteiger partial charge in [-0.2, -0.15) is 11.8 Å². The molecule has 0 saturated carbocycles. The second-order valence-corrected chi connectivity index (χ2v) is 10.2. The van der Waals surface area contributed by atoms with E-state index in [4.69, 9.17) is 0 Å². The summed E-state index contributed by atoms with van der Waals surface area (Å²) in [6, 6.07) is 42.4. The SMILES string of the molecule is O[C@@H](CSCCc1ccccc1)[C@H](Cc1ccccc1)N(Cc1ccccc1)Cc1ccccc1. The van der Waals surface area contributed by atoms with Gasteiger partial charge in [-0.25, -0.2) is 0 Å². The van der Waals surface area contributed by atoms with E-state index in [-0.39, 0.29) is 6.04 Å². The number of hydrogen-bond acceptors (Lipinski definition) is 3. The summed E-state index contributed by atoms with van der Waals surface area (Å²) in [6.07, 6.45) is 1.42. The Hall–Kier alpha value is -2.85. The molecule has 0 spiro atoms. The van der Waals surface area contributed by atoms with Crippen LogP contribution in [0.1, 0.15) is 22.3 Å². The van der Waals surface area contributed by atoms with E-state index in [1.165, 1.54) is 22.3 Å².